The Balaban J connectivity index is 2.03. The van der Waals surface area contributed by atoms with E-state index in [4.69, 9.17) is 0 Å². The Morgan fingerprint density at radius 2 is 1.76 bits per heavy atom. The summed E-state index contributed by atoms with van der Waals surface area (Å²) >= 11 is 0. The number of nitrogens with zero attached hydrogens (tertiary/aromatic N) is 2. The molecule has 0 unspecified atom stereocenters. The first kappa shape index (κ1) is 13.3. The monoisotopic (exact) mass is 294 g/mol. The molecule has 0 fully saturated rings. The van der Waals surface area contributed by atoms with Gasteiger partial charge in [-0.25, -0.2) is 0 Å². The number of halogens is 3. The normalized spacial score (nSPS) is 12.0. The van der Waals surface area contributed by atoms with E-state index in [9.17, 15) is 18.0 Å². The molecule has 3 aromatic rings. The molecule has 0 aliphatic rings. The van der Waals surface area contributed by atoms with Crippen LogP contribution in [0, 0.1) is 0 Å². The Labute approximate surface area is 115 Å². The molecule has 5 nitrogen and oxygen atoms in total. The molecule has 0 aliphatic carbocycles. The van der Waals surface area contributed by atoms with Crippen molar-refractivity contribution in [2.45, 2.75) is 12.6 Å². The van der Waals surface area contributed by atoms with E-state index in [-0.39, 0.29) is 12.0 Å². The molecule has 1 aromatic carbocycles. The SMILES string of the molecule is O=c1[nH][nH]c(C(F)(F)F)c1Cc1ccc2nccnc2c1. The van der Waals surface area contributed by atoms with Gasteiger partial charge in [0.15, 0.2) is 0 Å². The quantitative estimate of drug-likeness (QED) is 0.761. The van der Waals surface area contributed by atoms with E-state index in [1.807, 2.05) is 10.2 Å². The maximum absolute atomic E-state index is 12.8. The third-order valence-electron chi connectivity index (χ3n) is 3.08. The summed E-state index contributed by atoms with van der Waals surface area (Å²) in [5, 5.41) is 3.85. The lowest BCUT2D eigenvalue weighted by atomic mass is 10.0. The lowest BCUT2D eigenvalue weighted by Crippen LogP contribution is -2.13. The molecule has 0 spiro atoms. The third-order valence-corrected chi connectivity index (χ3v) is 3.08. The third kappa shape index (κ3) is 2.51. The minimum Gasteiger partial charge on any atom is -0.293 e. The van der Waals surface area contributed by atoms with Crippen LogP contribution in [0.2, 0.25) is 0 Å². The Kier molecular flexibility index (Phi) is 3.00. The van der Waals surface area contributed by atoms with Crippen molar-refractivity contribution in [1.82, 2.24) is 20.2 Å². The van der Waals surface area contributed by atoms with Crippen LogP contribution >= 0.6 is 0 Å². The molecular weight excluding hydrogens is 285 g/mol. The topological polar surface area (TPSA) is 74.4 Å². The molecule has 0 saturated carbocycles. The van der Waals surface area contributed by atoms with Gasteiger partial charge >= 0.3 is 6.18 Å². The van der Waals surface area contributed by atoms with Gasteiger partial charge in [-0.15, -0.1) is 0 Å². The predicted octanol–water partition coefficient (Wildman–Crippen LogP) is 2.26. The van der Waals surface area contributed by atoms with Crippen LogP contribution in [0.15, 0.2) is 35.4 Å². The van der Waals surface area contributed by atoms with E-state index in [0.717, 1.165) is 0 Å². The van der Waals surface area contributed by atoms with Crippen LogP contribution in [-0.2, 0) is 12.6 Å². The molecule has 0 saturated heterocycles. The van der Waals surface area contributed by atoms with Gasteiger partial charge in [0.2, 0.25) is 0 Å². The standard InChI is InChI=1S/C13H9F3N4O/c14-13(15,16)11-8(12(21)20-19-11)5-7-1-2-9-10(6-7)18-4-3-17-9/h1-4,6H,5H2,(H2,19,20,21). The van der Waals surface area contributed by atoms with E-state index in [2.05, 4.69) is 9.97 Å². The number of alkyl halides is 3. The van der Waals surface area contributed by atoms with Crippen LogP contribution in [0.4, 0.5) is 13.2 Å². The van der Waals surface area contributed by atoms with Crippen molar-refractivity contribution in [3.63, 3.8) is 0 Å². The van der Waals surface area contributed by atoms with Crippen LogP contribution in [0.25, 0.3) is 11.0 Å². The molecule has 8 heteroatoms. The van der Waals surface area contributed by atoms with Crippen molar-refractivity contribution >= 4 is 11.0 Å². The van der Waals surface area contributed by atoms with Crippen LogP contribution in [-0.4, -0.2) is 20.2 Å². The highest BCUT2D eigenvalue weighted by atomic mass is 19.4. The molecule has 0 atom stereocenters. The number of aromatic amines is 2. The van der Waals surface area contributed by atoms with Gasteiger partial charge in [-0.3, -0.25) is 25.0 Å². The minimum atomic E-state index is -4.61. The van der Waals surface area contributed by atoms with Crippen molar-refractivity contribution in [3.05, 3.63) is 57.8 Å². The van der Waals surface area contributed by atoms with Crippen molar-refractivity contribution in [2.75, 3.05) is 0 Å². The Hall–Kier alpha value is -2.64. The molecule has 3 rings (SSSR count). The first-order valence-corrected chi connectivity index (χ1v) is 6.01. The second kappa shape index (κ2) is 4.72. The molecule has 21 heavy (non-hydrogen) atoms. The number of rotatable bonds is 2. The van der Waals surface area contributed by atoms with E-state index in [1.165, 1.54) is 12.4 Å². The number of hydrogen-bond donors (Lipinski definition) is 2. The lowest BCUT2D eigenvalue weighted by Gasteiger charge is -2.06. The average molecular weight is 294 g/mol. The molecule has 0 radical (unpaired) electrons. The van der Waals surface area contributed by atoms with Crippen LogP contribution in [0.5, 0.6) is 0 Å². The zero-order valence-electron chi connectivity index (χ0n) is 10.5. The fourth-order valence-electron chi connectivity index (χ4n) is 2.12. The summed E-state index contributed by atoms with van der Waals surface area (Å²) in [6.45, 7) is 0. The number of aromatic nitrogens is 4. The smallest absolute Gasteiger partial charge is 0.293 e. The van der Waals surface area contributed by atoms with E-state index >= 15 is 0 Å². The van der Waals surface area contributed by atoms with Gasteiger partial charge < -0.3 is 0 Å². The maximum atomic E-state index is 12.8. The lowest BCUT2D eigenvalue weighted by molar-refractivity contribution is -0.141. The number of benzene rings is 1. The van der Waals surface area contributed by atoms with Crippen LogP contribution in [0.3, 0.4) is 0 Å². The summed E-state index contributed by atoms with van der Waals surface area (Å²) < 4.78 is 38.4. The van der Waals surface area contributed by atoms with Crippen molar-refractivity contribution in [2.24, 2.45) is 0 Å². The molecule has 0 aliphatic heterocycles. The summed E-state index contributed by atoms with van der Waals surface area (Å²) in [6.07, 6.45) is -1.72. The van der Waals surface area contributed by atoms with Gasteiger partial charge in [0, 0.05) is 18.8 Å². The van der Waals surface area contributed by atoms with E-state index in [0.29, 0.717) is 16.6 Å². The second-order valence-electron chi connectivity index (χ2n) is 4.49. The molecule has 0 amide bonds. The zero-order chi connectivity index (χ0) is 15.0. The van der Waals surface area contributed by atoms with Crippen molar-refractivity contribution in [3.8, 4) is 0 Å². The molecule has 2 heterocycles. The van der Waals surface area contributed by atoms with Gasteiger partial charge in [0.25, 0.3) is 5.56 Å². The first-order valence-electron chi connectivity index (χ1n) is 6.01. The summed E-state index contributed by atoms with van der Waals surface area (Å²) in [6, 6.07) is 4.91. The van der Waals surface area contributed by atoms with Gasteiger partial charge in [-0.2, -0.15) is 13.2 Å². The summed E-state index contributed by atoms with van der Waals surface area (Å²) in [4.78, 5) is 19.7. The summed E-state index contributed by atoms with van der Waals surface area (Å²) in [5.41, 5.74) is -0.409. The fraction of sp³-hybridized carbons (Fsp3) is 0.154. The maximum Gasteiger partial charge on any atom is 0.433 e. The highest BCUT2D eigenvalue weighted by Crippen LogP contribution is 2.29. The molecular formula is C13H9F3N4O. The number of fused-ring (bicyclic) bond motifs is 1. The molecule has 0 bridgehead atoms. The predicted molar refractivity (Wildman–Crippen MR) is 68.8 cm³/mol. The molecule has 108 valence electrons. The van der Waals surface area contributed by atoms with E-state index in [1.54, 1.807) is 18.2 Å². The fourth-order valence-corrected chi connectivity index (χ4v) is 2.12. The van der Waals surface area contributed by atoms with Gasteiger partial charge in [-0.05, 0) is 17.7 Å². The van der Waals surface area contributed by atoms with Crippen LogP contribution in [0.1, 0.15) is 16.8 Å². The molecule has 2 N–H and O–H groups in total. The Bertz CT molecular complexity index is 850. The van der Waals surface area contributed by atoms with E-state index < -0.39 is 17.4 Å². The Morgan fingerprint density at radius 1 is 1.05 bits per heavy atom. The number of hydrogen-bond acceptors (Lipinski definition) is 3. The Morgan fingerprint density at radius 3 is 2.48 bits per heavy atom. The van der Waals surface area contributed by atoms with Crippen LogP contribution < -0.4 is 5.56 Å². The summed E-state index contributed by atoms with van der Waals surface area (Å²) in [5.74, 6) is 0. The van der Waals surface area contributed by atoms with Crippen molar-refractivity contribution < 1.29 is 13.2 Å². The molecule has 2 aromatic heterocycles. The first-order chi connectivity index (χ1) is 9.95. The van der Waals surface area contributed by atoms with Gasteiger partial charge in [0.05, 0.1) is 16.6 Å². The number of H-pyrrole nitrogens is 2. The highest BCUT2D eigenvalue weighted by molar-refractivity contribution is 5.74. The number of nitrogens with one attached hydrogen (secondary N) is 2. The average Bonchev–Trinajstić information content (AvgIpc) is 2.80. The zero-order valence-corrected chi connectivity index (χ0v) is 10.5. The minimum absolute atomic E-state index is 0.139. The van der Waals surface area contributed by atoms with Gasteiger partial charge in [0.1, 0.15) is 5.69 Å². The van der Waals surface area contributed by atoms with Gasteiger partial charge in [-0.1, -0.05) is 6.07 Å². The second-order valence-corrected chi connectivity index (χ2v) is 4.49. The van der Waals surface area contributed by atoms with Crippen molar-refractivity contribution in [1.29, 1.82) is 0 Å². The summed E-state index contributed by atoms with van der Waals surface area (Å²) in [7, 11) is 0. The largest absolute Gasteiger partial charge is 0.433 e. The highest BCUT2D eigenvalue weighted by Gasteiger charge is 2.36.